The molecule has 4 nitrogen and oxygen atoms in total. The van der Waals surface area contributed by atoms with Crippen LogP contribution < -0.4 is 0 Å². The van der Waals surface area contributed by atoms with Crippen LogP contribution in [0.5, 0.6) is 0 Å². The van der Waals surface area contributed by atoms with Crippen LogP contribution >= 0.6 is 35.0 Å². The maximum absolute atomic E-state index is 6.16. The largest absolute Gasteiger partial charge is 0.461 e. The summed E-state index contributed by atoms with van der Waals surface area (Å²) in [6.07, 6.45) is 1.56. The molecule has 0 saturated carbocycles. The highest BCUT2D eigenvalue weighted by atomic mass is 35.5. The van der Waals surface area contributed by atoms with Gasteiger partial charge in [-0.3, -0.25) is 0 Å². The summed E-state index contributed by atoms with van der Waals surface area (Å²) in [4.78, 5) is 5.13. The van der Waals surface area contributed by atoms with E-state index in [4.69, 9.17) is 32.1 Å². The Kier molecular flexibility index (Phi) is 4.24. The van der Waals surface area contributed by atoms with Crippen molar-refractivity contribution >= 4 is 35.0 Å². The first-order valence-electron chi connectivity index (χ1n) is 6.13. The van der Waals surface area contributed by atoms with E-state index in [1.54, 1.807) is 36.6 Å². The molecule has 21 heavy (non-hydrogen) atoms. The van der Waals surface area contributed by atoms with E-state index in [0.29, 0.717) is 27.5 Å². The Morgan fingerprint density at radius 1 is 1.14 bits per heavy atom. The summed E-state index contributed by atoms with van der Waals surface area (Å²) in [5, 5.41) is 5.03. The van der Waals surface area contributed by atoms with Gasteiger partial charge < -0.3 is 8.94 Å². The zero-order valence-electron chi connectivity index (χ0n) is 10.9. The average molecular weight is 341 g/mol. The van der Waals surface area contributed by atoms with Crippen LogP contribution in [0.4, 0.5) is 0 Å². The van der Waals surface area contributed by atoms with Gasteiger partial charge in [0, 0.05) is 4.90 Å². The monoisotopic (exact) mass is 340 g/mol. The zero-order chi connectivity index (χ0) is 14.8. The molecule has 0 amide bonds. The molecule has 2 heterocycles. The van der Waals surface area contributed by atoms with Crippen molar-refractivity contribution in [3.05, 3.63) is 52.5 Å². The topological polar surface area (TPSA) is 52.1 Å². The van der Waals surface area contributed by atoms with Crippen LogP contribution in [0.1, 0.15) is 18.1 Å². The van der Waals surface area contributed by atoms with Gasteiger partial charge in [0.15, 0.2) is 5.76 Å². The number of furan rings is 1. The Labute approximate surface area is 135 Å². The molecule has 0 bridgehead atoms. The summed E-state index contributed by atoms with van der Waals surface area (Å²) < 4.78 is 10.5. The minimum absolute atomic E-state index is 0.0846. The maximum Gasteiger partial charge on any atom is 0.240 e. The van der Waals surface area contributed by atoms with E-state index in [-0.39, 0.29) is 5.25 Å². The van der Waals surface area contributed by atoms with Crippen LogP contribution in [-0.2, 0) is 0 Å². The molecule has 2 aromatic heterocycles. The second kappa shape index (κ2) is 6.13. The maximum atomic E-state index is 6.16. The molecule has 3 rings (SSSR count). The van der Waals surface area contributed by atoms with E-state index in [0.717, 1.165) is 4.90 Å². The van der Waals surface area contributed by atoms with Gasteiger partial charge in [-0.15, -0.1) is 11.8 Å². The molecular formula is C14H10Cl2N2O2S. The molecule has 0 aliphatic heterocycles. The Morgan fingerprint density at radius 3 is 2.57 bits per heavy atom. The molecule has 1 atom stereocenters. The molecule has 0 unspecified atom stereocenters. The first-order chi connectivity index (χ1) is 10.1. The Balaban J connectivity index is 1.81. The molecule has 1 aromatic carbocycles. The number of nitrogens with zero attached hydrogens (tertiary/aromatic N) is 2. The van der Waals surface area contributed by atoms with Gasteiger partial charge in [0.1, 0.15) is 0 Å². The fourth-order valence-electron chi connectivity index (χ4n) is 1.73. The van der Waals surface area contributed by atoms with Crippen LogP contribution in [0.3, 0.4) is 0 Å². The second-order valence-corrected chi connectivity index (χ2v) is 6.41. The number of thioether (sulfide) groups is 1. The van der Waals surface area contributed by atoms with Crippen molar-refractivity contribution < 1.29 is 8.94 Å². The standard InChI is InChI=1S/C14H10Cl2N2O2S/c1-8(21-12-9(15)4-2-5-10(12)16)14-17-13(18-20-14)11-6-3-7-19-11/h2-8H,1H3/t8-/m0/s1. The first-order valence-corrected chi connectivity index (χ1v) is 7.77. The number of rotatable bonds is 4. The van der Waals surface area contributed by atoms with Gasteiger partial charge in [-0.05, 0) is 31.2 Å². The van der Waals surface area contributed by atoms with Crippen LogP contribution in [-0.4, -0.2) is 10.1 Å². The van der Waals surface area contributed by atoms with E-state index in [2.05, 4.69) is 10.1 Å². The van der Waals surface area contributed by atoms with Gasteiger partial charge in [0.2, 0.25) is 11.7 Å². The van der Waals surface area contributed by atoms with E-state index < -0.39 is 0 Å². The predicted molar refractivity (Wildman–Crippen MR) is 82.7 cm³/mol. The second-order valence-electron chi connectivity index (χ2n) is 4.24. The fourth-order valence-corrected chi connectivity index (χ4v) is 3.30. The van der Waals surface area contributed by atoms with Gasteiger partial charge in [-0.2, -0.15) is 4.98 Å². The molecule has 0 N–H and O–H groups in total. The lowest BCUT2D eigenvalue weighted by molar-refractivity contribution is 0.379. The van der Waals surface area contributed by atoms with Crippen molar-refractivity contribution in [3.63, 3.8) is 0 Å². The van der Waals surface area contributed by atoms with Crippen molar-refractivity contribution in [2.24, 2.45) is 0 Å². The summed E-state index contributed by atoms with van der Waals surface area (Å²) in [6.45, 7) is 1.95. The number of hydrogen-bond acceptors (Lipinski definition) is 5. The summed E-state index contributed by atoms with van der Waals surface area (Å²) in [7, 11) is 0. The summed E-state index contributed by atoms with van der Waals surface area (Å²) >= 11 is 13.8. The number of aromatic nitrogens is 2. The number of halogens is 2. The Morgan fingerprint density at radius 2 is 1.90 bits per heavy atom. The van der Waals surface area contributed by atoms with Crippen LogP contribution in [0, 0.1) is 0 Å². The molecule has 0 saturated heterocycles. The molecule has 0 radical (unpaired) electrons. The van der Waals surface area contributed by atoms with E-state index in [1.165, 1.54) is 11.8 Å². The normalized spacial score (nSPS) is 12.5. The minimum atomic E-state index is -0.0846. The van der Waals surface area contributed by atoms with Crippen molar-refractivity contribution in [2.75, 3.05) is 0 Å². The minimum Gasteiger partial charge on any atom is -0.461 e. The highest BCUT2D eigenvalue weighted by molar-refractivity contribution is 7.99. The highest BCUT2D eigenvalue weighted by Gasteiger charge is 2.19. The third-order valence-corrected chi connectivity index (χ3v) is 4.83. The van der Waals surface area contributed by atoms with E-state index in [9.17, 15) is 0 Å². The quantitative estimate of drug-likeness (QED) is 0.587. The number of hydrogen-bond donors (Lipinski definition) is 0. The third kappa shape index (κ3) is 3.10. The molecular weight excluding hydrogens is 331 g/mol. The summed E-state index contributed by atoms with van der Waals surface area (Å²) in [5.41, 5.74) is 0. The van der Waals surface area contributed by atoms with Crippen molar-refractivity contribution in [2.45, 2.75) is 17.1 Å². The van der Waals surface area contributed by atoms with Gasteiger partial charge in [0.05, 0.1) is 21.6 Å². The van der Waals surface area contributed by atoms with Crippen LogP contribution in [0.15, 0.2) is 50.4 Å². The molecule has 7 heteroatoms. The Bertz CT molecular complexity index is 723. The van der Waals surface area contributed by atoms with Gasteiger partial charge in [-0.1, -0.05) is 34.4 Å². The average Bonchev–Trinajstić information content (AvgIpc) is 3.12. The van der Waals surface area contributed by atoms with E-state index in [1.807, 2.05) is 6.92 Å². The molecule has 3 aromatic rings. The lowest BCUT2D eigenvalue weighted by atomic mass is 10.4. The molecule has 108 valence electrons. The lowest BCUT2D eigenvalue weighted by Gasteiger charge is -2.09. The van der Waals surface area contributed by atoms with Gasteiger partial charge in [0.25, 0.3) is 0 Å². The van der Waals surface area contributed by atoms with Gasteiger partial charge >= 0.3 is 0 Å². The fraction of sp³-hybridized carbons (Fsp3) is 0.143. The molecule has 0 aliphatic carbocycles. The van der Waals surface area contributed by atoms with Crippen LogP contribution in [0.2, 0.25) is 10.0 Å². The van der Waals surface area contributed by atoms with Crippen molar-refractivity contribution in [1.29, 1.82) is 0 Å². The predicted octanol–water partition coefficient (Wildman–Crippen LogP) is 5.49. The number of benzene rings is 1. The summed E-state index contributed by atoms with van der Waals surface area (Å²) in [6, 6.07) is 8.95. The zero-order valence-corrected chi connectivity index (χ0v) is 13.2. The smallest absolute Gasteiger partial charge is 0.240 e. The molecule has 0 aliphatic rings. The first kappa shape index (κ1) is 14.5. The SMILES string of the molecule is C[C@H](Sc1c(Cl)cccc1Cl)c1nc(-c2ccco2)no1. The van der Waals surface area contributed by atoms with Crippen molar-refractivity contribution in [3.8, 4) is 11.6 Å². The lowest BCUT2D eigenvalue weighted by Crippen LogP contribution is -1.90. The van der Waals surface area contributed by atoms with Crippen LogP contribution in [0.25, 0.3) is 11.6 Å². The van der Waals surface area contributed by atoms with Crippen molar-refractivity contribution in [1.82, 2.24) is 10.1 Å². The highest BCUT2D eigenvalue weighted by Crippen LogP contribution is 2.42. The third-order valence-electron chi connectivity index (χ3n) is 2.74. The van der Waals surface area contributed by atoms with E-state index >= 15 is 0 Å². The Hall–Kier alpha value is -1.43. The molecule has 0 fully saturated rings. The molecule has 0 spiro atoms. The van der Waals surface area contributed by atoms with Gasteiger partial charge in [-0.25, -0.2) is 0 Å². The summed E-state index contributed by atoms with van der Waals surface area (Å²) in [5.74, 6) is 1.48.